The summed E-state index contributed by atoms with van der Waals surface area (Å²) in [4.78, 5) is 0. The van der Waals surface area contributed by atoms with Crippen LogP contribution in [-0.4, -0.2) is 0 Å². The first-order valence-electron chi connectivity index (χ1n) is 15.5. The zero-order valence-electron chi connectivity index (χ0n) is 24.3. The Hall–Kier alpha value is -2.81. The summed E-state index contributed by atoms with van der Waals surface area (Å²) >= 11 is 0. The highest BCUT2D eigenvalue weighted by Crippen LogP contribution is 2.38. The Morgan fingerprint density at radius 2 is 1.30 bits per heavy atom. The molecule has 1 aliphatic carbocycles. The Kier molecular flexibility index (Phi) is 11.5. The summed E-state index contributed by atoms with van der Waals surface area (Å²) in [5.41, 5.74) is 3.80. The van der Waals surface area contributed by atoms with E-state index in [1.165, 1.54) is 32.1 Å². The van der Waals surface area contributed by atoms with Crippen molar-refractivity contribution in [2.45, 2.75) is 103 Å². The molecule has 1 aliphatic rings. The maximum Gasteiger partial charge on any atom is 0.166 e. The van der Waals surface area contributed by atoms with Crippen molar-refractivity contribution in [1.82, 2.24) is 0 Å². The minimum atomic E-state index is -0.788. The number of benzene rings is 3. The van der Waals surface area contributed by atoms with Gasteiger partial charge in [-0.15, -0.1) is 0 Å². The topological polar surface area (TPSA) is 0 Å². The van der Waals surface area contributed by atoms with E-state index in [9.17, 15) is 4.39 Å². The van der Waals surface area contributed by atoms with Crippen LogP contribution < -0.4 is 0 Å². The van der Waals surface area contributed by atoms with Crippen molar-refractivity contribution >= 4 is 0 Å². The molecule has 0 spiro atoms. The van der Waals surface area contributed by atoms with E-state index in [4.69, 9.17) is 0 Å². The number of allylic oxidation sites excluding steroid dienone is 2. The van der Waals surface area contributed by atoms with Gasteiger partial charge in [0.1, 0.15) is 5.82 Å². The highest BCUT2D eigenvalue weighted by Gasteiger charge is 2.23. The molecule has 0 saturated heterocycles. The summed E-state index contributed by atoms with van der Waals surface area (Å²) in [5, 5.41) is 0. The van der Waals surface area contributed by atoms with Gasteiger partial charge in [0.15, 0.2) is 11.6 Å². The average Bonchev–Trinajstić information content (AvgIpc) is 2.97. The standard InChI is InChI=1S/C37H45F3/c1-3-5-6-7-8-9-10-11-13-31-22-25-34(37(40)36(31)39)30-20-18-28(19-21-30)32-23-24-33(35(38)26-32)29-16-14-27(12-4-2)15-17-29/h4,12,18-27,29H,3,5-11,13-17H2,1-2H3. The van der Waals surface area contributed by atoms with Gasteiger partial charge >= 0.3 is 0 Å². The zero-order chi connectivity index (χ0) is 28.3. The molecule has 1 fully saturated rings. The van der Waals surface area contributed by atoms with Crippen molar-refractivity contribution in [3.8, 4) is 22.3 Å². The summed E-state index contributed by atoms with van der Waals surface area (Å²) in [6, 6.07) is 16.2. The highest BCUT2D eigenvalue weighted by atomic mass is 19.2. The molecule has 4 rings (SSSR count). The number of unbranched alkanes of at least 4 members (excludes halogenated alkanes) is 7. The molecule has 214 valence electrons. The first kappa shape index (κ1) is 30.2. The third kappa shape index (κ3) is 7.89. The van der Waals surface area contributed by atoms with Gasteiger partial charge in [0.25, 0.3) is 0 Å². The fourth-order valence-corrected chi connectivity index (χ4v) is 6.23. The van der Waals surface area contributed by atoms with Crippen LogP contribution in [0.5, 0.6) is 0 Å². The molecule has 1 saturated carbocycles. The van der Waals surface area contributed by atoms with Crippen LogP contribution in [0.15, 0.2) is 66.7 Å². The largest absolute Gasteiger partial charge is 0.207 e. The molecule has 3 aromatic rings. The lowest BCUT2D eigenvalue weighted by Crippen LogP contribution is -2.12. The van der Waals surface area contributed by atoms with Crippen molar-refractivity contribution in [1.29, 1.82) is 0 Å². The molecular formula is C37H45F3. The Morgan fingerprint density at radius 3 is 1.95 bits per heavy atom. The van der Waals surface area contributed by atoms with Crippen LogP contribution in [0.2, 0.25) is 0 Å². The normalized spacial score (nSPS) is 17.5. The van der Waals surface area contributed by atoms with E-state index < -0.39 is 11.6 Å². The van der Waals surface area contributed by atoms with Crippen LogP contribution in [0.3, 0.4) is 0 Å². The Bertz CT molecular complexity index is 1230. The molecule has 0 bridgehead atoms. The summed E-state index contributed by atoms with van der Waals surface area (Å²) < 4.78 is 45.0. The van der Waals surface area contributed by atoms with Crippen molar-refractivity contribution < 1.29 is 13.2 Å². The summed E-state index contributed by atoms with van der Waals surface area (Å²) in [7, 11) is 0. The van der Waals surface area contributed by atoms with Gasteiger partial charge in [0.05, 0.1) is 0 Å². The number of aryl methyl sites for hydroxylation is 1. The van der Waals surface area contributed by atoms with Crippen LogP contribution in [0.25, 0.3) is 22.3 Å². The van der Waals surface area contributed by atoms with E-state index in [2.05, 4.69) is 26.0 Å². The van der Waals surface area contributed by atoms with E-state index in [-0.39, 0.29) is 17.3 Å². The molecule has 0 N–H and O–H groups in total. The second kappa shape index (κ2) is 15.3. The molecule has 0 heterocycles. The minimum absolute atomic E-state index is 0.156. The second-order valence-electron chi connectivity index (χ2n) is 11.6. The fraction of sp³-hybridized carbons (Fsp3) is 0.459. The summed E-state index contributed by atoms with van der Waals surface area (Å²) in [6.07, 6.45) is 18.6. The van der Waals surface area contributed by atoms with Gasteiger partial charge in [-0.1, -0.05) is 113 Å². The van der Waals surface area contributed by atoms with Crippen molar-refractivity contribution in [3.05, 3.63) is 95.3 Å². The van der Waals surface area contributed by atoms with Crippen LogP contribution >= 0.6 is 0 Å². The van der Waals surface area contributed by atoms with Crippen LogP contribution in [0.1, 0.15) is 108 Å². The Balaban J connectivity index is 1.36. The van der Waals surface area contributed by atoms with Crippen LogP contribution in [-0.2, 0) is 6.42 Å². The van der Waals surface area contributed by atoms with E-state index in [0.717, 1.165) is 61.6 Å². The van der Waals surface area contributed by atoms with Crippen LogP contribution in [0.4, 0.5) is 13.2 Å². The van der Waals surface area contributed by atoms with Crippen molar-refractivity contribution in [2.24, 2.45) is 5.92 Å². The minimum Gasteiger partial charge on any atom is -0.207 e. The maximum absolute atomic E-state index is 15.1. The predicted molar refractivity (Wildman–Crippen MR) is 163 cm³/mol. The van der Waals surface area contributed by atoms with Gasteiger partial charge in [-0.25, -0.2) is 13.2 Å². The number of hydrogen-bond donors (Lipinski definition) is 0. The van der Waals surface area contributed by atoms with Gasteiger partial charge in [-0.3, -0.25) is 0 Å². The fourth-order valence-electron chi connectivity index (χ4n) is 6.23. The predicted octanol–water partition coefficient (Wildman–Crippen LogP) is 12.0. The Morgan fingerprint density at radius 1 is 0.675 bits per heavy atom. The SMILES string of the molecule is CC=CC1CCC(c2ccc(-c3ccc(-c4ccc(CCCCCCCCCC)c(F)c4F)cc3)cc2F)CC1. The molecule has 0 aliphatic heterocycles. The molecule has 0 unspecified atom stereocenters. The number of rotatable bonds is 13. The first-order chi connectivity index (χ1) is 19.5. The quantitative estimate of drug-likeness (QED) is 0.148. The Labute approximate surface area is 239 Å². The molecule has 0 amide bonds. The highest BCUT2D eigenvalue weighted by molar-refractivity contribution is 5.71. The first-order valence-corrected chi connectivity index (χ1v) is 15.5. The lowest BCUT2D eigenvalue weighted by molar-refractivity contribution is 0.368. The lowest BCUT2D eigenvalue weighted by Gasteiger charge is -2.27. The van der Waals surface area contributed by atoms with Gasteiger partial charge in [-0.05, 0) is 91.2 Å². The van der Waals surface area contributed by atoms with Crippen LogP contribution in [0, 0.1) is 23.4 Å². The molecule has 0 atom stereocenters. The van der Waals surface area contributed by atoms with Gasteiger partial charge < -0.3 is 0 Å². The van der Waals surface area contributed by atoms with E-state index in [1.54, 1.807) is 30.3 Å². The monoisotopic (exact) mass is 546 g/mol. The molecular weight excluding hydrogens is 501 g/mol. The maximum atomic E-state index is 15.1. The molecule has 3 heteroatoms. The molecule has 40 heavy (non-hydrogen) atoms. The molecule has 0 nitrogen and oxygen atoms in total. The molecule has 0 radical (unpaired) electrons. The smallest absolute Gasteiger partial charge is 0.166 e. The van der Waals surface area contributed by atoms with Crippen molar-refractivity contribution in [2.75, 3.05) is 0 Å². The van der Waals surface area contributed by atoms with Gasteiger partial charge in [-0.2, -0.15) is 0 Å². The lowest BCUT2D eigenvalue weighted by atomic mass is 9.78. The van der Waals surface area contributed by atoms with Crippen molar-refractivity contribution in [3.63, 3.8) is 0 Å². The van der Waals surface area contributed by atoms with E-state index in [0.29, 0.717) is 23.5 Å². The molecule has 3 aromatic carbocycles. The third-order valence-corrected chi connectivity index (χ3v) is 8.67. The number of halogens is 3. The van der Waals surface area contributed by atoms with Gasteiger partial charge in [0, 0.05) is 5.56 Å². The second-order valence-corrected chi connectivity index (χ2v) is 11.6. The average molecular weight is 547 g/mol. The van der Waals surface area contributed by atoms with E-state index in [1.807, 2.05) is 24.3 Å². The third-order valence-electron chi connectivity index (χ3n) is 8.67. The van der Waals surface area contributed by atoms with Gasteiger partial charge in [0.2, 0.25) is 0 Å². The summed E-state index contributed by atoms with van der Waals surface area (Å²) in [5.74, 6) is -0.789. The molecule has 0 aromatic heterocycles. The number of hydrogen-bond acceptors (Lipinski definition) is 0. The van der Waals surface area contributed by atoms with E-state index >= 15 is 8.78 Å². The zero-order valence-corrected chi connectivity index (χ0v) is 24.3. The summed E-state index contributed by atoms with van der Waals surface area (Å²) in [6.45, 7) is 4.27.